The highest BCUT2D eigenvalue weighted by Crippen LogP contribution is 2.22. The van der Waals surface area contributed by atoms with Gasteiger partial charge in [0.15, 0.2) is 0 Å². The van der Waals surface area contributed by atoms with Crippen molar-refractivity contribution in [2.45, 2.75) is 52.2 Å². The average Bonchev–Trinajstić information content (AvgIpc) is 2.97. The molecule has 4 nitrogen and oxygen atoms in total. The van der Waals surface area contributed by atoms with Crippen molar-refractivity contribution in [2.75, 3.05) is 31.6 Å². The maximum atomic E-state index is 5.47. The van der Waals surface area contributed by atoms with Crippen molar-refractivity contribution >= 4 is 5.82 Å². The SMILES string of the molecule is CCCNCc1cc(CCC)nc(N2CCC(OC)C2)c1. The molecule has 1 atom stereocenters. The minimum absolute atomic E-state index is 0.350. The smallest absolute Gasteiger partial charge is 0.129 e. The molecule has 0 amide bonds. The van der Waals surface area contributed by atoms with Gasteiger partial charge in [-0.3, -0.25) is 0 Å². The summed E-state index contributed by atoms with van der Waals surface area (Å²) in [5, 5.41) is 3.49. The molecule has 118 valence electrons. The maximum Gasteiger partial charge on any atom is 0.129 e. The first-order valence-electron chi connectivity index (χ1n) is 8.25. The molecule has 1 N–H and O–H groups in total. The van der Waals surface area contributed by atoms with E-state index >= 15 is 0 Å². The van der Waals surface area contributed by atoms with Crippen molar-refractivity contribution in [3.63, 3.8) is 0 Å². The van der Waals surface area contributed by atoms with Gasteiger partial charge in [-0.15, -0.1) is 0 Å². The summed E-state index contributed by atoms with van der Waals surface area (Å²) < 4.78 is 5.47. The van der Waals surface area contributed by atoms with E-state index in [1.54, 1.807) is 7.11 Å². The molecule has 0 aliphatic carbocycles. The van der Waals surface area contributed by atoms with E-state index in [1.165, 1.54) is 17.7 Å². The van der Waals surface area contributed by atoms with Crippen molar-refractivity contribution in [3.05, 3.63) is 23.4 Å². The molecule has 2 rings (SSSR count). The number of nitrogens with one attached hydrogen (secondary N) is 1. The van der Waals surface area contributed by atoms with Crippen LogP contribution in [0.25, 0.3) is 0 Å². The normalized spacial score (nSPS) is 18.4. The predicted octanol–water partition coefficient (Wildman–Crippen LogP) is 2.76. The van der Waals surface area contributed by atoms with E-state index in [1.807, 2.05) is 0 Å². The zero-order valence-electron chi connectivity index (χ0n) is 13.7. The highest BCUT2D eigenvalue weighted by Gasteiger charge is 2.23. The Morgan fingerprint density at radius 3 is 2.86 bits per heavy atom. The Bertz CT molecular complexity index is 436. The van der Waals surface area contributed by atoms with Gasteiger partial charge in [0.25, 0.3) is 0 Å². The predicted molar refractivity (Wildman–Crippen MR) is 87.9 cm³/mol. The molecule has 0 radical (unpaired) electrons. The fourth-order valence-corrected chi connectivity index (χ4v) is 2.82. The molecule has 1 fully saturated rings. The third kappa shape index (κ3) is 4.68. The third-order valence-electron chi connectivity index (χ3n) is 3.99. The lowest BCUT2D eigenvalue weighted by atomic mass is 10.1. The molecular formula is C17H29N3O. The molecule has 1 aromatic heterocycles. The van der Waals surface area contributed by atoms with Gasteiger partial charge in [-0.2, -0.15) is 0 Å². The zero-order valence-corrected chi connectivity index (χ0v) is 13.7. The van der Waals surface area contributed by atoms with Crippen molar-refractivity contribution < 1.29 is 4.74 Å². The standard InChI is InChI=1S/C17H29N3O/c1-4-6-15-10-14(12-18-8-5-2)11-17(19-15)20-9-7-16(13-20)21-3/h10-11,16,18H,4-9,12-13H2,1-3H3. The molecule has 2 heterocycles. The molecule has 0 aromatic carbocycles. The molecule has 1 aromatic rings. The highest BCUT2D eigenvalue weighted by molar-refractivity contribution is 5.44. The van der Waals surface area contributed by atoms with Gasteiger partial charge >= 0.3 is 0 Å². The van der Waals surface area contributed by atoms with Crippen LogP contribution in [0.15, 0.2) is 12.1 Å². The quantitative estimate of drug-likeness (QED) is 0.747. The summed E-state index contributed by atoms with van der Waals surface area (Å²) in [6, 6.07) is 4.49. The number of aryl methyl sites for hydroxylation is 1. The zero-order chi connectivity index (χ0) is 15.1. The van der Waals surface area contributed by atoms with Crippen LogP contribution in [0.2, 0.25) is 0 Å². The fourth-order valence-electron chi connectivity index (χ4n) is 2.82. The van der Waals surface area contributed by atoms with Gasteiger partial charge in [-0.05, 0) is 43.5 Å². The van der Waals surface area contributed by atoms with E-state index < -0.39 is 0 Å². The summed E-state index contributed by atoms with van der Waals surface area (Å²) >= 11 is 0. The molecule has 21 heavy (non-hydrogen) atoms. The Morgan fingerprint density at radius 1 is 1.33 bits per heavy atom. The molecule has 0 bridgehead atoms. The molecule has 0 saturated carbocycles. The van der Waals surface area contributed by atoms with Gasteiger partial charge in [-0.25, -0.2) is 4.98 Å². The second kappa shape index (κ2) is 8.35. The van der Waals surface area contributed by atoms with Gasteiger partial charge in [0.2, 0.25) is 0 Å². The Kier molecular flexibility index (Phi) is 6.46. The number of aromatic nitrogens is 1. The Hall–Kier alpha value is -1.13. The summed E-state index contributed by atoms with van der Waals surface area (Å²) in [5.74, 6) is 1.12. The Morgan fingerprint density at radius 2 is 2.19 bits per heavy atom. The molecular weight excluding hydrogens is 262 g/mol. The van der Waals surface area contributed by atoms with E-state index in [0.717, 1.165) is 51.3 Å². The van der Waals surface area contributed by atoms with Crippen molar-refractivity contribution in [2.24, 2.45) is 0 Å². The van der Waals surface area contributed by atoms with Crippen LogP contribution >= 0.6 is 0 Å². The van der Waals surface area contributed by atoms with Crippen LogP contribution < -0.4 is 10.2 Å². The third-order valence-corrected chi connectivity index (χ3v) is 3.99. The second-order valence-corrected chi connectivity index (χ2v) is 5.84. The lowest BCUT2D eigenvalue weighted by Gasteiger charge is -2.19. The van der Waals surface area contributed by atoms with Crippen molar-refractivity contribution in [3.8, 4) is 0 Å². The van der Waals surface area contributed by atoms with Crippen LogP contribution in [-0.4, -0.2) is 37.8 Å². The molecule has 1 aliphatic heterocycles. The molecule has 1 unspecified atom stereocenters. The van der Waals surface area contributed by atoms with Gasteiger partial charge in [-0.1, -0.05) is 20.3 Å². The van der Waals surface area contributed by atoms with E-state index in [-0.39, 0.29) is 0 Å². The summed E-state index contributed by atoms with van der Waals surface area (Å²) in [7, 11) is 1.80. The van der Waals surface area contributed by atoms with Crippen molar-refractivity contribution in [1.82, 2.24) is 10.3 Å². The molecule has 1 aliphatic rings. The van der Waals surface area contributed by atoms with Crippen LogP contribution in [0.3, 0.4) is 0 Å². The van der Waals surface area contributed by atoms with Gasteiger partial charge < -0.3 is 15.0 Å². The number of rotatable bonds is 8. The average molecular weight is 291 g/mol. The number of ether oxygens (including phenoxy) is 1. The number of hydrogen-bond acceptors (Lipinski definition) is 4. The summed E-state index contributed by atoms with van der Waals surface area (Å²) in [5.41, 5.74) is 2.56. The van der Waals surface area contributed by atoms with E-state index in [2.05, 4.69) is 36.2 Å². The van der Waals surface area contributed by atoms with Crippen molar-refractivity contribution in [1.29, 1.82) is 0 Å². The van der Waals surface area contributed by atoms with Gasteiger partial charge in [0.1, 0.15) is 5.82 Å². The van der Waals surface area contributed by atoms with E-state index in [0.29, 0.717) is 6.10 Å². The van der Waals surface area contributed by atoms with E-state index in [4.69, 9.17) is 9.72 Å². The largest absolute Gasteiger partial charge is 0.380 e. The first kappa shape index (κ1) is 16.2. The fraction of sp³-hybridized carbons (Fsp3) is 0.706. The highest BCUT2D eigenvalue weighted by atomic mass is 16.5. The number of nitrogens with zero attached hydrogens (tertiary/aromatic N) is 2. The van der Waals surface area contributed by atoms with E-state index in [9.17, 15) is 0 Å². The van der Waals surface area contributed by atoms with Gasteiger partial charge in [0, 0.05) is 32.4 Å². The topological polar surface area (TPSA) is 37.4 Å². The van der Waals surface area contributed by atoms with Crippen LogP contribution in [0.5, 0.6) is 0 Å². The minimum Gasteiger partial charge on any atom is -0.380 e. The van der Waals surface area contributed by atoms with Crippen LogP contribution in [0, 0.1) is 0 Å². The maximum absolute atomic E-state index is 5.47. The van der Waals surface area contributed by atoms with Crippen LogP contribution in [0.1, 0.15) is 44.4 Å². The second-order valence-electron chi connectivity index (χ2n) is 5.84. The number of anilines is 1. The first-order chi connectivity index (χ1) is 10.3. The summed E-state index contributed by atoms with van der Waals surface area (Å²) in [6.07, 6.45) is 4.80. The minimum atomic E-state index is 0.350. The first-order valence-corrected chi connectivity index (χ1v) is 8.25. The lowest BCUT2D eigenvalue weighted by molar-refractivity contribution is 0.121. The monoisotopic (exact) mass is 291 g/mol. The lowest BCUT2D eigenvalue weighted by Crippen LogP contribution is -2.24. The Balaban J connectivity index is 2.11. The summed E-state index contributed by atoms with van der Waals surface area (Å²) in [4.78, 5) is 7.20. The number of hydrogen-bond donors (Lipinski definition) is 1. The molecule has 0 spiro atoms. The van der Waals surface area contributed by atoms with Crippen LogP contribution in [-0.2, 0) is 17.7 Å². The summed E-state index contributed by atoms with van der Waals surface area (Å²) in [6.45, 7) is 8.41. The molecule has 4 heteroatoms. The van der Waals surface area contributed by atoms with Crippen LogP contribution in [0.4, 0.5) is 5.82 Å². The number of methoxy groups -OCH3 is 1. The van der Waals surface area contributed by atoms with Gasteiger partial charge in [0.05, 0.1) is 6.10 Å². The number of pyridine rings is 1. The Labute approximate surface area is 128 Å². The molecule has 1 saturated heterocycles.